The summed E-state index contributed by atoms with van der Waals surface area (Å²) in [6.07, 6.45) is -2.68. The second-order valence-corrected chi connectivity index (χ2v) is 5.71. The molecule has 0 amide bonds. The van der Waals surface area contributed by atoms with E-state index >= 15 is 0 Å². The second-order valence-electron chi connectivity index (χ2n) is 5.71. The van der Waals surface area contributed by atoms with E-state index in [4.69, 9.17) is 4.52 Å². The van der Waals surface area contributed by atoms with E-state index in [9.17, 15) is 13.2 Å². The van der Waals surface area contributed by atoms with Crippen molar-refractivity contribution < 1.29 is 17.7 Å². The molecular weight excluding hydrogens is 462 g/mol. The third-order valence-corrected chi connectivity index (χ3v) is 3.58. The predicted octanol–water partition coefficient (Wildman–Crippen LogP) is 2.97. The van der Waals surface area contributed by atoms with Crippen molar-refractivity contribution in [2.45, 2.75) is 46.3 Å². The van der Waals surface area contributed by atoms with Crippen LogP contribution in [0.1, 0.15) is 37.8 Å². The molecule has 1 heterocycles. The van der Waals surface area contributed by atoms with Gasteiger partial charge in [-0.1, -0.05) is 19.0 Å². The van der Waals surface area contributed by atoms with Crippen LogP contribution in [0.2, 0.25) is 0 Å². The van der Waals surface area contributed by atoms with Crippen molar-refractivity contribution in [3.05, 3.63) is 17.0 Å². The molecule has 2 N–H and O–H groups in total. The molecule has 0 radical (unpaired) electrons. The average Bonchev–Trinajstić information content (AvgIpc) is 2.92. The van der Waals surface area contributed by atoms with Crippen molar-refractivity contribution in [3.63, 3.8) is 0 Å². The number of nitrogens with zero attached hydrogens (tertiary/aromatic N) is 3. The smallest absolute Gasteiger partial charge is 0.361 e. The van der Waals surface area contributed by atoms with E-state index in [-0.39, 0.29) is 30.5 Å². The third-order valence-electron chi connectivity index (χ3n) is 3.58. The van der Waals surface area contributed by atoms with E-state index < -0.39 is 12.7 Å². The molecule has 0 spiro atoms. The molecule has 26 heavy (non-hydrogen) atoms. The van der Waals surface area contributed by atoms with Crippen molar-refractivity contribution in [2.24, 2.45) is 4.99 Å². The Bertz CT molecular complexity index is 527. The van der Waals surface area contributed by atoms with Crippen LogP contribution in [0.4, 0.5) is 13.2 Å². The molecule has 0 aliphatic rings. The van der Waals surface area contributed by atoms with Gasteiger partial charge in [-0.05, 0) is 20.4 Å². The zero-order chi connectivity index (χ0) is 18.9. The number of aromatic nitrogens is 1. The fourth-order valence-corrected chi connectivity index (χ4v) is 2.37. The maximum atomic E-state index is 12.3. The molecule has 10 heteroatoms. The van der Waals surface area contributed by atoms with Gasteiger partial charge in [0.1, 0.15) is 5.76 Å². The number of alkyl halides is 3. The Labute approximate surface area is 170 Å². The number of halogens is 4. The first-order valence-electron chi connectivity index (χ1n) is 8.54. The van der Waals surface area contributed by atoms with Crippen LogP contribution in [0.3, 0.4) is 0 Å². The Morgan fingerprint density at radius 2 is 1.88 bits per heavy atom. The molecule has 152 valence electrons. The van der Waals surface area contributed by atoms with Gasteiger partial charge in [-0.2, -0.15) is 13.2 Å². The lowest BCUT2D eigenvalue weighted by atomic mass is 10.1. The molecule has 6 nitrogen and oxygen atoms in total. The van der Waals surface area contributed by atoms with E-state index in [1.807, 2.05) is 20.8 Å². The van der Waals surface area contributed by atoms with E-state index in [2.05, 4.69) is 20.8 Å². The summed E-state index contributed by atoms with van der Waals surface area (Å²) in [5.74, 6) is 1.38. The Morgan fingerprint density at radius 3 is 2.42 bits per heavy atom. The summed E-state index contributed by atoms with van der Waals surface area (Å²) >= 11 is 0. The fourth-order valence-electron chi connectivity index (χ4n) is 2.37. The maximum Gasteiger partial charge on any atom is 0.401 e. The number of hydrogen-bond donors (Lipinski definition) is 2. The number of nitrogens with one attached hydrogen (secondary N) is 2. The van der Waals surface area contributed by atoms with Crippen molar-refractivity contribution in [3.8, 4) is 0 Å². The normalized spacial score (nSPS) is 12.2. The van der Waals surface area contributed by atoms with Crippen LogP contribution in [0, 0.1) is 0 Å². The number of rotatable bonds is 9. The summed E-state index contributed by atoms with van der Waals surface area (Å²) in [6.45, 7) is 6.71. The molecule has 0 aromatic carbocycles. The van der Waals surface area contributed by atoms with Gasteiger partial charge >= 0.3 is 6.18 Å². The van der Waals surface area contributed by atoms with Crippen LogP contribution in [0.25, 0.3) is 0 Å². The van der Waals surface area contributed by atoms with Crippen molar-refractivity contribution in [1.82, 2.24) is 20.7 Å². The molecule has 0 unspecified atom stereocenters. The minimum atomic E-state index is -4.19. The van der Waals surface area contributed by atoms with Crippen LogP contribution in [0.5, 0.6) is 0 Å². The second kappa shape index (κ2) is 12.4. The van der Waals surface area contributed by atoms with Gasteiger partial charge in [0, 0.05) is 31.6 Å². The largest absolute Gasteiger partial charge is 0.401 e. The molecule has 0 atom stereocenters. The zero-order valence-electron chi connectivity index (χ0n) is 15.7. The highest BCUT2D eigenvalue weighted by Crippen LogP contribution is 2.17. The first-order chi connectivity index (χ1) is 11.8. The standard InChI is InChI=1S/C16H28F3N5O.HI/c1-5-13-12(14(6-2)25-23-13)10-22-15(20-7-3)21-8-9-24(4)11-16(17,18)19;/h5-11H2,1-4H3,(H2,20,21,22);1H. The quantitative estimate of drug-likeness (QED) is 0.316. The van der Waals surface area contributed by atoms with Gasteiger partial charge in [-0.3, -0.25) is 4.90 Å². The molecule has 1 aromatic heterocycles. The summed E-state index contributed by atoms with van der Waals surface area (Å²) in [4.78, 5) is 5.72. The molecule has 0 aliphatic heterocycles. The van der Waals surface area contributed by atoms with E-state index in [1.165, 1.54) is 11.9 Å². The van der Waals surface area contributed by atoms with Crippen molar-refractivity contribution >= 4 is 29.9 Å². The van der Waals surface area contributed by atoms with Gasteiger partial charge in [0.2, 0.25) is 0 Å². The maximum absolute atomic E-state index is 12.3. The lowest BCUT2D eigenvalue weighted by Crippen LogP contribution is -2.42. The number of hydrogen-bond acceptors (Lipinski definition) is 4. The molecular formula is C16H29F3IN5O. The van der Waals surface area contributed by atoms with E-state index in [1.54, 1.807) is 0 Å². The Morgan fingerprint density at radius 1 is 1.19 bits per heavy atom. The number of likely N-dealkylation sites (N-methyl/N-ethyl adjacent to an activating group) is 1. The van der Waals surface area contributed by atoms with Gasteiger partial charge in [-0.25, -0.2) is 4.99 Å². The summed E-state index contributed by atoms with van der Waals surface area (Å²) < 4.78 is 42.3. The highest BCUT2D eigenvalue weighted by molar-refractivity contribution is 14.0. The zero-order valence-corrected chi connectivity index (χ0v) is 18.1. The third kappa shape index (κ3) is 9.06. The highest BCUT2D eigenvalue weighted by atomic mass is 127. The van der Waals surface area contributed by atoms with E-state index in [0.717, 1.165) is 29.9 Å². The monoisotopic (exact) mass is 491 g/mol. The lowest BCUT2D eigenvalue weighted by molar-refractivity contribution is -0.142. The molecule has 1 aromatic rings. The summed E-state index contributed by atoms with van der Waals surface area (Å²) in [7, 11) is 1.44. The van der Waals surface area contributed by atoms with Crippen LogP contribution < -0.4 is 10.6 Å². The summed E-state index contributed by atoms with van der Waals surface area (Å²) in [5.41, 5.74) is 1.87. The molecule has 0 fully saturated rings. The number of aliphatic imine (C=N–C) groups is 1. The van der Waals surface area contributed by atoms with Gasteiger partial charge in [-0.15, -0.1) is 24.0 Å². The molecule has 1 rings (SSSR count). The minimum Gasteiger partial charge on any atom is -0.361 e. The number of guanidine groups is 1. The average molecular weight is 491 g/mol. The first kappa shape index (κ1) is 25.0. The fraction of sp³-hybridized carbons (Fsp3) is 0.750. The van der Waals surface area contributed by atoms with Crippen LogP contribution >= 0.6 is 24.0 Å². The van der Waals surface area contributed by atoms with Gasteiger partial charge in [0.15, 0.2) is 5.96 Å². The van der Waals surface area contributed by atoms with Gasteiger partial charge < -0.3 is 15.2 Å². The van der Waals surface area contributed by atoms with Crippen LogP contribution in [-0.2, 0) is 19.4 Å². The topological polar surface area (TPSA) is 65.7 Å². The Kier molecular flexibility index (Phi) is 11.9. The van der Waals surface area contributed by atoms with Gasteiger partial charge in [0.05, 0.1) is 18.8 Å². The lowest BCUT2D eigenvalue weighted by Gasteiger charge is -2.19. The van der Waals surface area contributed by atoms with Crippen molar-refractivity contribution in [2.75, 3.05) is 33.2 Å². The SMILES string of the molecule is CCNC(=NCc1c(CC)noc1CC)NCCN(C)CC(F)(F)F.I. The van der Waals surface area contributed by atoms with Crippen molar-refractivity contribution in [1.29, 1.82) is 0 Å². The number of aryl methyl sites for hydroxylation is 2. The highest BCUT2D eigenvalue weighted by Gasteiger charge is 2.28. The Hall–Kier alpha value is -1.04. The van der Waals surface area contributed by atoms with Crippen LogP contribution in [-0.4, -0.2) is 55.4 Å². The summed E-state index contributed by atoms with van der Waals surface area (Å²) in [6, 6.07) is 0. The molecule has 0 bridgehead atoms. The first-order valence-corrected chi connectivity index (χ1v) is 8.54. The van der Waals surface area contributed by atoms with E-state index in [0.29, 0.717) is 25.6 Å². The van der Waals surface area contributed by atoms with Crippen LogP contribution in [0.15, 0.2) is 9.52 Å². The minimum absolute atomic E-state index is 0. The Balaban J connectivity index is 0.00000625. The molecule has 0 saturated heterocycles. The van der Waals surface area contributed by atoms with Gasteiger partial charge in [0.25, 0.3) is 0 Å². The summed E-state index contributed by atoms with van der Waals surface area (Å²) in [5, 5.41) is 10.2. The predicted molar refractivity (Wildman–Crippen MR) is 107 cm³/mol. The molecule has 0 aliphatic carbocycles. The molecule has 0 saturated carbocycles.